The second-order valence-corrected chi connectivity index (χ2v) is 29.2. The number of hydrogen-bond acceptors (Lipinski definition) is 0. The van der Waals surface area contributed by atoms with E-state index in [1.807, 2.05) is 0 Å². The van der Waals surface area contributed by atoms with Gasteiger partial charge in [-0.15, -0.1) is 89.7 Å². The molecule has 0 amide bonds. The first-order valence-corrected chi connectivity index (χ1v) is 18.4. The minimum absolute atomic E-state index is 0.286. The largest absolute Gasteiger partial charge is 0.254 e. The zero-order chi connectivity index (χ0) is 12.8. The molecule has 1 fully saturated rings. The van der Waals surface area contributed by atoms with Gasteiger partial charge in [-0.2, -0.15) is 0 Å². The van der Waals surface area contributed by atoms with Gasteiger partial charge < -0.3 is 0 Å². The van der Waals surface area contributed by atoms with E-state index in [0.717, 1.165) is 0 Å². The van der Waals surface area contributed by atoms with Gasteiger partial charge in [-0.25, -0.2) is 0 Å². The smallest absolute Gasteiger partial charge is 0.146 e. The first-order chi connectivity index (χ1) is 6.83. The molecule has 0 radical (unpaired) electrons. The van der Waals surface area contributed by atoms with Gasteiger partial charge in [-0.05, 0) is 11.3 Å². The van der Waals surface area contributed by atoms with E-state index in [9.17, 15) is 0 Å². The Balaban J connectivity index is 2.98. The van der Waals surface area contributed by atoms with Gasteiger partial charge in [-0.3, -0.25) is 0 Å². The molecule has 1 heterocycles. The van der Waals surface area contributed by atoms with Crippen molar-refractivity contribution in [3.05, 3.63) is 0 Å². The molecule has 0 atom stereocenters. The number of hydrogen-bond donors (Lipinski definition) is 0. The van der Waals surface area contributed by atoms with Crippen LogP contribution in [0.2, 0.25) is 23.4 Å². The van der Waals surface area contributed by atoms with Crippen LogP contribution in [-0.4, -0.2) is 24.4 Å². The van der Waals surface area contributed by atoms with E-state index in [-0.39, 0.29) is 12.1 Å². The van der Waals surface area contributed by atoms with Gasteiger partial charge >= 0.3 is 0 Å². The fourth-order valence-corrected chi connectivity index (χ4v) is 40.9. The maximum Gasteiger partial charge on any atom is 0.254 e. The van der Waals surface area contributed by atoms with Crippen LogP contribution in [0.4, 0.5) is 0 Å². The SMILES string of the molecule is ClC1(Cl)C[Si](Cl)(Cl)C[Si](Cl)(Cl)C[Si](Cl)(Cl)C1. The molecule has 96 valence electrons. The van der Waals surface area contributed by atoms with Crippen LogP contribution < -0.4 is 0 Å². The summed E-state index contributed by atoms with van der Waals surface area (Å²) in [7, 11) is 0. The van der Waals surface area contributed by atoms with Crippen molar-refractivity contribution in [2.75, 3.05) is 0 Å². The Labute approximate surface area is 136 Å². The Morgan fingerprint density at radius 2 is 0.938 bits per heavy atom. The van der Waals surface area contributed by atoms with Gasteiger partial charge in [0.1, 0.15) is 4.33 Å². The molecule has 0 aromatic rings. The van der Waals surface area contributed by atoms with Crippen molar-refractivity contribution in [2.45, 2.75) is 27.8 Å². The van der Waals surface area contributed by atoms with Crippen molar-refractivity contribution in [3.8, 4) is 0 Å². The summed E-state index contributed by atoms with van der Waals surface area (Å²) in [6.07, 6.45) is 0. The maximum absolute atomic E-state index is 6.26. The molecule has 1 rings (SSSR count). The lowest BCUT2D eigenvalue weighted by Crippen LogP contribution is -2.47. The molecule has 0 spiro atoms. The second kappa shape index (κ2) is 5.40. The lowest BCUT2D eigenvalue weighted by molar-refractivity contribution is 0.956. The Morgan fingerprint density at radius 1 is 0.625 bits per heavy atom. The van der Waals surface area contributed by atoms with Crippen molar-refractivity contribution in [2.24, 2.45) is 0 Å². The molecular formula is C5H8Cl8Si3. The molecule has 1 saturated heterocycles. The van der Waals surface area contributed by atoms with Crippen LogP contribution in [0.5, 0.6) is 0 Å². The summed E-state index contributed by atoms with van der Waals surface area (Å²) in [6, 6.07) is 0.573. The van der Waals surface area contributed by atoms with E-state index in [4.69, 9.17) is 89.7 Å². The van der Waals surface area contributed by atoms with Crippen LogP contribution in [0.15, 0.2) is 0 Å². The summed E-state index contributed by atoms with van der Waals surface area (Å²) >= 11 is 49.8. The molecular weight excluding hydrogens is 428 g/mol. The number of alkyl halides is 2. The quantitative estimate of drug-likeness (QED) is 0.248. The average Bonchev–Trinajstić information content (AvgIpc) is 1.67. The van der Waals surface area contributed by atoms with Gasteiger partial charge in [-0.1, -0.05) is 0 Å². The van der Waals surface area contributed by atoms with Crippen LogP contribution in [-0.2, 0) is 0 Å². The van der Waals surface area contributed by atoms with Crippen LogP contribution in [0.25, 0.3) is 0 Å². The third-order valence-corrected chi connectivity index (χ3v) is 25.2. The zero-order valence-electron chi connectivity index (χ0n) is 7.85. The highest BCUT2D eigenvalue weighted by molar-refractivity contribution is 7.61. The minimum atomic E-state index is -2.62. The fraction of sp³-hybridized carbons (Fsp3) is 1.00. The predicted octanol–water partition coefficient (Wildman–Crippen LogP) is 6.01. The number of rotatable bonds is 0. The van der Waals surface area contributed by atoms with Crippen LogP contribution in [0, 0.1) is 0 Å². The fourth-order valence-electron chi connectivity index (χ4n) is 1.76. The lowest BCUT2D eigenvalue weighted by Gasteiger charge is -2.37. The zero-order valence-corrected chi connectivity index (χ0v) is 16.9. The topological polar surface area (TPSA) is 0 Å². The third-order valence-electron chi connectivity index (χ3n) is 2.07. The molecule has 1 aliphatic rings. The molecule has 0 bridgehead atoms. The molecule has 0 nitrogen and oxygen atoms in total. The summed E-state index contributed by atoms with van der Waals surface area (Å²) in [4.78, 5) is 0. The Morgan fingerprint density at radius 3 is 1.25 bits per heavy atom. The lowest BCUT2D eigenvalue weighted by atomic mass is 10.5. The summed E-state index contributed by atoms with van der Waals surface area (Å²) in [5.74, 6) is 0. The van der Waals surface area contributed by atoms with Crippen molar-refractivity contribution in [1.29, 1.82) is 0 Å². The van der Waals surface area contributed by atoms with Gasteiger partial charge in [0, 0.05) is 12.1 Å². The molecule has 1 aliphatic heterocycles. The summed E-state index contributed by atoms with van der Waals surface area (Å²) < 4.78 is -1.07. The molecule has 0 saturated carbocycles. The van der Waals surface area contributed by atoms with Gasteiger partial charge in [0.15, 0.2) is 0 Å². The molecule has 0 N–H and O–H groups in total. The average molecular weight is 436 g/mol. The highest BCUT2D eigenvalue weighted by Gasteiger charge is 2.55. The van der Waals surface area contributed by atoms with Crippen molar-refractivity contribution in [3.63, 3.8) is 0 Å². The normalized spacial score (nSPS) is 31.5. The number of halogens is 8. The van der Waals surface area contributed by atoms with E-state index in [1.54, 1.807) is 0 Å². The molecule has 11 heteroatoms. The van der Waals surface area contributed by atoms with Crippen molar-refractivity contribution in [1.82, 2.24) is 0 Å². The highest BCUT2D eigenvalue weighted by atomic mass is 35.7. The second-order valence-electron chi connectivity index (χ2n) is 4.13. The maximum atomic E-state index is 6.26. The van der Waals surface area contributed by atoms with E-state index in [2.05, 4.69) is 0 Å². The Hall–Kier alpha value is 2.97. The van der Waals surface area contributed by atoms with E-state index in [0.29, 0.717) is 11.3 Å². The Bertz CT molecular complexity index is 205. The van der Waals surface area contributed by atoms with Crippen molar-refractivity contribution >= 4 is 110 Å². The van der Waals surface area contributed by atoms with Crippen molar-refractivity contribution < 1.29 is 0 Å². The van der Waals surface area contributed by atoms with E-state index in [1.165, 1.54) is 0 Å². The van der Waals surface area contributed by atoms with E-state index >= 15 is 0 Å². The predicted molar refractivity (Wildman–Crippen MR) is 86.0 cm³/mol. The first-order valence-electron chi connectivity index (χ1n) is 4.34. The summed E-state index contributed by atoms with van der Waals surface area (Å²) in [6.45, 7) is -7.83. The first kappa shape index (κ1) is 17.0. The molecule has 0 aromatic carbocycles. The Kier molecular flexibility index (Phi) is 5.74. The molecule has 0 aliphatic carbocycles. The highest BCUT2D eigenvalue weighted by Crippen LogP contribution is 2.52. The van der Waals surface area contributed by atoms with E-state index < -0.39 is 24.4 Å². The third kappa shape index (κ3) is 5.95. The molecule has 0 unspecified atom stereocenters. The van der Waals surface area contributed by atoms with Crippen LogP contribution in [0.1, 0.15) is 0 Å². The summed E-state index contributed by atoms with van der Waals surface area (Å²) in [5, 5.41) is 0. The van der Waals surface area contributed by atoms with Crippen LogP contribution in [0.3, 0.4) is 0 Å². The monoisotopic (exact) mass is 432 g/mol. The summed E-state index contributed by atoms with van der Waals surface area (Å²) in [5.41, 5.74) is 0.781. The standard InChI is InChI=1S/C5H8Cl8Si3/c6-5(7)1-14(8,9)3-16(12,13)4-15(10,11)2-5/h1-4H2. The molecule has 0 aromatic heterocycles. The van der Waals surface area contributed by atoms with Crippen LogP contribution >= 0.6 is 89.7 Å². The minimum Gasteiger partial charge on any atom is -0.146 e. The van der Waals surface area contributed by atoms with Gasteiger partial charge in [0.25, 0.3) is 20.1 Å². The van der Waals surface area contributed by atoms with Gasteiger partial charge in [0.05, 0.1) is 0 Å². The van der Waals surface area contributed by atoms with Gasteiger partial charge in [0.2, 0.25) is 0 Å². The molecule has 16 heavy (non-hydrogen) atoms.